The van der Waals surface area contributed by atoms with E-state index >= 15 is 0 Å². The molecule has 30 heavy (non-hydrogen) atoms. The molecule has 0 unspecified atom stereocenters. The largest absolute Gasteiger partial charge is 0.314 e. The molecule has 0 saturated heterocycles. The summed E-state index contributed by atoms with van der Waals surface area (Å²) in [7, 11) is 1.71. The number of carbonyl (C=O) groups is 2. The standard InChI is InChI=1S/C24H24ClN3O2/c1-4-24(30)28(3)22-11-8-18(14-20(22)25)19-7-10-21(27-15-19)23(29)12-9-17-6-5-13-26-16(17)2/h5-8,10-11,13-15H,4,9,12H2,1-3H3. The van der Waals surface area contributed by atoms with Crippen molar-refractivity contribution in [3.63, 3.8) is 0 Å². The van der Waals surface area contributed by atoms with Crippen LogP contribution in [0.4, 0.5) is 5.69 Å². The van der Waals surface area contributed by atoms with E-state index in [1.165, 1.54) is 0 Å². The molecule has 0 atom stereocenters. The van der Waals surface area contributed by atoms with Gasteiger partial charge in [0.25, 0.3) is 0 Å². The fourth-order valence-corrected chi connectivity index (χ4v) is 3.52. The number of Topliss-reactive ketones (excluding diaryl/α,β-unsaturated/α-hetero) is 1. The Morgan fingerprint density at radius 1 is 1.07 bits per heavy atom. The zero-order valence-electron chi connectivity index (χ0n) is 17.4. The van der Waals surface area contributed by atoms with Crippen LogP contribution in [0.5, 0.6) is 0 Å². The van der Waals surface area contributed by atoms with Gasteiger partial charge in [0.1, 0.15) is 5.69 Å². The monoisotopic (exact) mass is 421 g/mol. The highest BCUT2D eigenvalue weighted by Gasteiger charge is 2.14. The Morgan fingerprint density at radius 2 is 1.83 bits per heavy atom. The molecule has 3 aromatic rings. The van der Waals surface area contributed by atoms with Crippen molar-refractivity contribution in [1.82, 2.24) is 9.97 Å². The zero-order chi connectivity index (χ0) is 21.7. The first-order valence-corrected chi connectivity index (χ1v) is 10.2. The lowest BCUT2D eigenvalue weighted by molar-refractivity contribution is -0.118. The van der Waals surface area contributed by atoms with Gasteiger partial charge < -0.3 is 4.90 Å². The molecule has 154 valence electrons. The van der Waals surface area contributed by atoms with E-state index < -0.39 is 0 Å². The molecule has 2 aromatic heterocycles. The van der Waals surface area contributed by atoms with Gasteiger partial charge in [0.15, 0.2) is 5.78 Å². The topological polar surface area (TPSA) is 63.2 Å². The van der Waals surface area contributed by atoms with Gasteiger partial charge in [-0.25, -0.2) is 0 Å². The second-order valence-corrected chi connectivity index (χ2v) is 7.48. The van der Waals surface area contributed by atoms with Gasteiger partial charge in [-0.05, 0) is 48.7 Å². The fourth-order valence-electron chi connectivity index (χ4n) is 3.22. The Bertz CT molecular complexity index is 1060. The number of hydrogen-bond acceptors (Lipinski definition) is 4. The average Bonchev–Trinajstić information content (AvgIpc) is 2.77. The molecule has 0 spiro atoms. The third-order valence-electron chi connectivity index (χ3n) is 5.11. The molecular weight excluding hydrogens is 398 g/mol. The molecule has 3 rings (SSSR count). The minimum Gasteiger partial charge on any atom is -0.314 e. The average molecular weight is 422 g/mol. The molecule has 1 aromatic carbocycles. The smallest absolute Gasteiger partial charge is 0.226 e. The van der Waals surface area contributed by atoms with Crippen molar-refractivity contribution in [1.29, 1.82) is 0 Å². The van der Waals surface area contributed by atoms with Gasteiger partial charge in [-0.3, -0.25) is 19.6 Å². The van der Waals surface area contributed by atoms with Crippen molar-refractivity contribution >= 4 is 29.0 Å². The highest BCUT2D eigenvalue weighted by atomic mass is 35.5. The maximum atomic E-state index is 12.5. The van der Waals surface area contributed by atoms with Crippen LogP contribution in [0.15, 0.2) is 54.9 Å². The van der Waals surface area contributed by atoms with Crippen LogP contribution in [0.1, 0.15) is 41.5 Å². The summed E-state index contributed by atoms with van der Waals surface area (Å²) in [6, 6.07) is 13.0. The lowest BCUT2D eigenvalue weighted by atomic mass is 10.0. The summed E-state index contributed by atoms with van der Waals surface area (Å²) in [5.41, 5.74) is 4.85. The number of benzene rings is 1. The van der Waals surface area contributed by atoms with Crippen molar-refractivity contribution in [2.24, 2.45) is 0 Å². The molecule has 0 aliphatic heterocycles. The van der Waals surface area contributed by atoms with Gasteiger partial charge in [0.05, 0.1) is 10.7 Å². The zero-order valence-corrected chi connectivity index (χ0v) is 18.1. The summed E-state index contributed by atoms with van der Waals surface area (Å²) in [5.74, 6) is -0.00598. The van der Waals surface area contributed by atoms with Crippen LogP contribution in [-0.2, 0) is 11.2 Å². The third kappa shape index (κ3) is 4.92. The quantitative estimate of drug-likeness (QED) is 0.486. The first-order valence-electron chi connectivity index (χ1n) is 9.87. The molecule has 0 radical (unpaired) electrons. The number of amides is 1. The number of anilines is 1. The fraction of sp³-hybridized carbons (Fsp3) is 0.250. The normalized spacial score (nSPS) is 10.7. The van der Waals surface area contributed by atoms with Gasteiger partial charge in [-0.2, -0.15) is 0 Å². The van der Waals surface area contributed by atoms with Crippen LogP contribution >= 0.6 is 11.6 Å². The van der Waals surface area contributed by atoms with E-state index in [0.29, 0.717) is 35.7 Å². The van der Waals surface area contributed by atoms with Gasteiger partial charge in [0.2, 0.25) is 5.91 Å². The number of carbonyl (C=O) groups excluding carboxylic acids is 2. The van der Waals surface area contributed by atoms with Gasteiger partial charge in [-0.1, -0.05) is 36.7 Å². The maximum Gasteiger partial charge on any atom is 0.226 e. The molecule has 0 aliphatic carbocycles. The number of aryl methyl sites for hydroxylation is 2. The van der Waals surface area contributed by atoms with E-state index in [-0.39, 0.29) is 11.7 Å². The van der Waals surface area contributed by atoms with E-state index in [0.717, 1.165) is 22.4 Å². The molecule has 0 bridgehead atoms. The molecule has 0 aliphatic rings. The predicted molar refractivity (Wildman–Crippen MR) is 120 cm³/mol. The summed E-state index contributed by atoms with van der Waals surface area (Å²) in [4.78, 5) is 34.6. The van der Waals surface area contributed by atoms with Gasteiger partial charge in [-0.15, -0.1) is 0 Å². The molecule has 0 N–H and O–H groups in total. The highest BCUT2D eigenvalue weighted by Crippen LogP contribution is 2.31. The Kier molecular flexibility index (Phi) is 6.95. The second-order valence-electron chi connectivity index (χ2n) is 7.08. The Morgan fingerprint density at radius 3 is 2.47 bits per heavy atom. The van der Waals surface area contributed by atoms with Crippen molar-refractivity contribution in [2.75, 3.05) is 11.9 Å². The summed E-state index contributed by atoms with van der Waals surface area (Å²) in [5, 5.41) is 0.490. The van der Waals surface area contributed by atoms with E-state index in [4.69, 9.17) is 11.6 Å². The molecule has 5 nitrogen and oxygen atoms in total. The summed E-state index contributed by atoms with van der Waals surface area (Å²) < 4.78 is 0. The second kappa shape index (κ2) is 9.63. The maximum absolute atomic E-state index is 12.5. The Balaban J connectivity index is 1.71. The molecule has 1 amide bonds. The van der Waals surface area contributed by atoms with E-state index in [1.54, 1.807) is 36.5 Å². The first-order chi connectivity index (χ1) is 14.4. The summed E-state index contributed by atoms with van der Waals surface area (Å²) in [6.45, 7) is 3.76. The van der Waals surface area contributed by atoms with Crippen LogP contribution in [-0.4, -0.2) is 28.7 Å². The van der Waals surface area contributed by atoms with Crippen LogP contribution in [0.2, 0.25) is 5.02 Å². The van der Waals surface area contributed by atoms with Crippen molar-refractivity contribution < 1.29 is 9.59 Å². The minimum atomic E-state index is -0.00402. The lowest BCUT2D eigenvalue weighted by Crippen LogP contribution is -2.25. The first kappa shape index (κ1) is 21.7. The number of rotatable bonds is 7. The van der Waals surface area contributed by atoms with Crippen LogP contribution in [0, 0.1) is 6.92 Å². The van der Waals surface area contributed by atoms with E-state index in [1.807, 2.05) is 44.2 Å². The summed E-state index contributed by atoms with van der Waals surface area (Å²) in [6.07, 6.45) is 4.86. The molecular formula is C24H24ClN3O2. The number of aromatic nitrogens is 2. The summed E-state index contributed by atoms with van der Waals surface area (Å²) >= 11 is 6.40. The van der Waals surface area contributed by atoms with Crippen LogP contribution < -0.4 is 4.90 Å². The van der Waals surface area contributed by atoms with Crippen molar-refractivity contribution in [3.8, 4) is 11.1 Å². The van der Waals surface area contributed by atoms with Gasteiger partial charge >= 0.3 is 0 Å². The minimum absolute atomic E-state index is 0.00196. The van der Waals surface area contributed by atoms with E-state index in [9.17, 15) is 9.59 Å². The number of hydrogen-bond donors (Lipinski definition) is 0. The lowest BCUT2D eigenvalue weighted by Gasteiger charge is -2.18. The Hall–Kier alpha value is -3.05. The SMILES string of the molecule is CCC(=O)N(C)c1ccc(-c2ccc(C(=O)CCc3cccnc3C)nc2)cc1Cl. The number of ketones is 1. The van der Waals surface area contributed by atoms with Crippen LogP contribution in [0.3, 0.4) is 0 Å². The number of pyridine rings is 2. The van der Waals surface area contributed by atoms with E-state index in [2.05, 4.69) is 9.97 Å². The highest BCUT2D eigenvalue weighted by molar-refractivity contribution is 6.34. The third-order valence-corrected chi connectivity index (χ3v) is 5.41. The molecule has 2 heterocycles. The predicted octanol–water partition coefficient (Wildman–Crippen LogP) is 5.29. The Labute approximate surface area is 181 Å². The van der Waals surface area contributed by atoms with Crippen molar-refractivity contribution in [2.45, 2.75) is 33.1 Å². The van der Waals surface area contributed by atoms with Crippen molar-refractivity contribution in [3.05, 3.63) is 76.8 Å². The number of halogens is 1. The van der Waals surface area contributed by atoms with Gasteiger partial charge in [0, 0.05) is 43.5 Å². The molecule has 0 fully saturated rings. The number of nitrogens with zero attached hydrogens (tertiary/aromatic N) is 3. The van der Waals surface area contributed by atoms with Crippen LogP contribution in [0.25, 0.3) is 11.1 Å². The molecule has 6 heteroatoms. The molecule has 0 saturated carbocycles.